The lowest BCUT2D eigenvalue weighted by Crippen LogP contribution is -2.25. The van der Waals surface area contributed by atoms with Gasteiger partial charge in [0.05, 0.1) is 17.7 Å². The molecule has 0 radical (unpaired) electrons. The highest BCUT2D eigenvalue weighted by atomic mass is 35.5. The Bertz CT molecular complexity index is 945. The Morgan fingerprint density at radius 1 is 1.27 bits per heavy atom. The zero-order valence-electron chi connectivity index (χ0n) is 16.8. The van der Waals surface area contributed by atoms with Gasteiger partial charge in [0.15, 0.2) is 18.0 Å². The van der Waals surface area contributed by atoms with Crippen molar-refractivity contribution in [2.75, 3.05) is 11.9 Å². The van der Waals surface area contributed by atoms with Crippen LogP contribution >= 0.6 is 11.6 Å². The van der Waals surface area contributed by atoms with Gasteiger partial charge in [-0.05, 0) is 24.4 Å². The second-order valence-corrected chi connectivity index (χ2v) is 7.97. The summed E-state index contributed by atoms with van der Waals surface area (Å²) in [5, 5.41) is 8.67. The van der Waals surface area contributed by atoms with E-state index in [1.165, 1.54) is 26.7 Å². The van der Waals surface area contributed by atoms with Crippen LogP contribution in [0.25, 0.3) is 11.0 Å². The summed E-state index contributed by atoms with van der Waals surface area (Å²) in [6.07, 6.45) is 4.77. The smallest absolute Gasteiger partial charge is 0.303 e. The highest BCUT2D eigenvalue weighted by Gasteiger charge is 2.41. The summed E-state index contributed by atoms with van der Waals surface area (Å²) in [5.74, 6) is -0.214. The lowest BCUT2D eigenvalue weighted by molar-refractivity contribution is -0.153. The molecule has 1 N–H and O–H groups in total. The summed E-state index contributed by atoms with van der Waals surface area (Å²) < 4.78 is 18.1. The Balaban J connectivity index is 1.63. The topological polar surface area (TPSA) is 117 Å². The number of carbonyl (C=O) groups excluding carboxylic acids is 2. The number of esters is 2. The van der Waals surface area contributed by atoms with Crippen LogP contribution in [0.5, 0.6) is 0 Å². The van der Waals surface area contributed by atoms with Gasteiger partial charge in [-0.25, -0.2) is 4.68 Å². The third kappa shape index (κ3) is 4.49. The van der Waals surface area contributed by atoms with Gasteiger partial charge in [0, 0.05) is 26.3 Å². The minimum absolute atomic E-state index is 0.0625. The van der Waals surface area contributed by atoms with Crippen molar-refractivity contribution in [3.05, 3.63) is 11.5 Å². The summed E-state index contributed by atoms with van der Waals surface area (Å²) in [7, 11) is 0. The average molecular weight is 438 g/mol. The molecule has 0 unspecified atom stereocenters. The predicted octanol–water partition coefficient (Wildman–Crippen LogP) is 2.62. The van der Waals surface area contributed by atoms with E-state index in [9.17, 15) is 9.59 Å². The van der Waals surface area contributed by atoms with Gasteiger partial charge in [0.1, 0.15) is 12.4 Å². The van der Waals surface area contributed by atoms with Gasteiger partial charge < -0.3 is 19.5 Å². The van der Waals surface area contributed by atoms with E-state index in [4.69, 9.17) is 25.8 Å². The van der Waals surface area contributed by atoms with Gasteiger partial charge in [-0.2, -0.15) is 15.1 Å². The van der Waals surface area contributed by atoms with Crippen molar-refractivity contribution >= 4 is 40.4 Å². The van der Waals surface area contributed by atoms with Crippen LogP contribution in [0.3, 0.4) is 0 Å². The minimum Gasteiger partial charge on any atom is -0.463 e. The van der Waals surface area contributed by atoms with Crippen LogP contribution in [0.2, 0.25) is 5.28 Å². The van der Waals surface area contributed by atoms with Crippen molar-refractivity contribution < 1.29 is 23.8 Å². The lowest BCUT2D eigenvalue weighted by Gasteiger charge is -2.19. The quantitative estimate of drug-likeness (QED) is 0.537. The van der Waals surface area contributed by atoms with Gasteiger partial charge in [-0.15, -0.1) is 0 Å². The van der Waals surface area contributed by atoms with Crippen molar-refractivity contribution in [2.45, 2.75) is 70.4 Å². The number of fused-ring (bicyclic) bond motifs is 1. The first-order chi connectivity index (χ1) is 14.4. The molecule has 0 bridgehead atoms. The van der Waals surface area contributed by atoms with Gasteiger partial charge >= 0.3 is 11.9 Å². The maximum Gasteiger partial charge on any atom is 0.303 e. The van der Waals surface area contributed by atoms with Crippen molar-refractivity contribution in [1.29, 1.82) is 0 Å². The SMILES string of the molecule is CC(=O)OC[C@@H]1C[C@@H](OC(C)=O)[C@H](n2ncc3c(NC4CCCC4)nc(Cl)nc32)O1. The number of hydrogen-bond acceptors (Lipinski definition) is 9. The fourth-order valence-electron chi connectivity index (χ4n) is 4.03. The molecule has 162 valence electrons. The molecule has 3 atom stereocenters. The van der Waals surface area contributed by atoms with Crippen LogP contribution in [0.15, 0.2) is 6.20 Å². The van der Waals surface area contributed by atoms with E-state index in [-0.39, 0.29) is 11.9 Å². The lowest BCUT2D eigenvalue weighted by atomic mass is 10.2. The number of aromatic nitrogens is 4. The predicted molar refractivity (Wildman–Crippen MR) is 107 cm³/mol. The molecule has 2 aliphatic rings. The molecule has 0 amide bonds. The molecular formula is C19H24ClN5O5. The Hall–Kier alpha value is -2.46. The van der Waals surface area contributed by atoms with Gasteiger partial charge in [-0.3, -0.25) is 9.59 Å². The second kappa shape index (κ2) is 8.73. The first kappa shape index (κ1) is 20.8. The molecule has 1 saturated carbocycles. The van der Waals surface area contributed by atoms with Crippen molar-refractivity contribution in [1.82, 2.24) is 19.7 Å². The maximum absolute atomic E-state index is 11.6. The van der Waals surface area contributed by atoms with Crippen LogP contribution in [0.4, 0.5) is 5.82 Å². The number of halogens is 1. The summed E-state index contributed by atoms with van der Waals surface area (Å²) in [6.45, 7) is 2.72. The summed E-state index contributed by atoms with van der Waals surface area (Å²) in [4.78, 5) is 31.4. The zero-order chi connectivity index (χ0) is 21.3. The molecule has 1 aliphatic carbocycles. The molecule has 2 aromatic rings. The normalized spacial score (nSPS) is 24.3. The molecule has 11 heteroatoms. The third-order valence-electron chi connectivity index (χ3n) is 5.30. The largest absolute Gasteiger partial charge is 0.463 e. The van der Waals surface area contributed by atoms with E-state index in [2.05, 4.69) is 20.4 Å². The van der Waals surface area contributed by atoms with E-state index < -0.39 is 30.4 Å². The average Bonchev–Trinajstić information content (AvgIpc) is 3.39. The van der Waals surface area contributed by atoms with E-state index in [1.807, 2.05) is 0 Å². The molecule has 0 spiro atoms. The number of rotatable bonds is 6. The molecule has 30 heavy (non-hydrogen) atoms. The summed E-state index contributed by atoms with van der Waals surface area (Å²) in [6, 6.07) is 0.340. The van der Waals surface area contributed by atoms with E-state index in [1.54, 1.807) is 10.9 Å². The molecule has 2 fully saturated rings. The Labute approximate surface area is 178 Å². The van der Waals surface area contributed by atoms with E-state index in [0.29, 0.717) is 29.3 Å². The Morgan fingerprint density at radius 2 is 2.03 bits per heavy atom. The van der Waals surface area contributed by atoms with Crippen LogP contribution < -0.4 is 5.32 Å². The highest BCUT2D eigenvalue weighted by molar-refractivity contribution is 6.28. The Morgan fingerprint density at radius 3 is 2.73 bits per heavy atom. The molecule has 10 nitrogen and oxygen atoms in total. The van der Waals surface area contributed by atoms with Gasteiger partial charge in [0.25, 0.3) is 0 Å². The summed E-state index contributed by atoms with van der Waals surface area (Å²) in [5.41, 5.74) is 0.478. The first-order valence-corrected chi connectivity index (χ1v) is 10.4. The van der Waals surface area contributed by atoms with Crippen molar-refractivity contribution in [3.8, 4) is 0 Å². The number of hydrogen-bond donors (Lipinski definition) is 1. The molecular weight excluding hydrogens is 414 g/mol. The molecule has 1 saturated heterocycles. The molecule has 1 aliphatic heterocycles. The molecule has 3 heterocycles. The second-order valence-electron chi connectivity index (χ2n) is 7.63. The molecule has 0 aromatic carbocycles. The fraction of sp³-hybridized carbons (Fsp3) is 0.632. The number of ether oxygens (including phenoxy) is 3. The van der Waals surface area contributed by atoms with E-state index in [0.717, 1.165) is 12.8 Å². The zero-order valence-corrected chi connectivity index (χ0v) is 17.6. The van der Waals surface area contributed by atoms with Crippen LogP contribution in [-0.2, 0) is 23.8 Å². The minimum atomic E-state index is -0.725. The van der Waals surface area contributed by atoms with Gasteiger partial charge in [0.2, 0.25) is 5.28 Å². The fourth-order valence-corrected chi connectivity index (χ4v) is 4.19. The molecule has 4 rings (SSSR count). The summed E-state index contributed by atoms with van der Waals surface area (Å²) >= 11 is 6.19. The van der Waals surface area contributed by atoms with Crippen LogP contribution in [-0.4, -0.2) is 56.5 Å². The number of nitrogens with one attached hydrogen (secondary N) is 1. The van der Waals surface area contributed by atoms with Crippen molar-refractivity contribution in [3.63, 3.8) is 0 Å². The highest BCUT2D eigenvalue weighted by Crippen LogP contribution is 2.35. The first-order valence-electron chi connectivity index (χ1n) is 10.0. The van der Waals surface area contributed by atoms with Crippen molar-refractivity contribution in [2.24, 2.45) is 0 Å². The number of nitrogens with zero attached hydrogens (tertiary/aromatic N) is 4. The number of carbonyl (C=O) groups is 2. The standard InChI is InChI=1S/C19H24ClN5O5/c1-10(26)28-9-13-7-15(29-11(2)27)18(30-13)25-17-14(8-21-25)16(23-19(20)24-17)22-12-5-3-4-6-12/h8,12-13,15,18H,3-7,9H2,1-2H3,(H,22,23,24)/t13-,15+,18+/m0/s1. The third-order valence-corrected chi connectivity index (χ3v) is 5.47. The molecule has 2 aromatic heterocycles. The van der Waals surface area contributed by atoms with E-state index >= 15 is 0 Å². The number of anilines is 1. The van der Waals surface area contributed by atoms with Gasteiger partial charge in [-0.1, -0.05) is 12.8 Å². The Kier molecular flexibility index (Phi) is 6.05. The maximum atomic E-state index is 11.6. The van der Waals surface area contributed by atoms with Crippen LogP contribution in [0, 0.1) is 0 Å². The van der Waals surface area contributed by atoms with Crippen LogP contribution in [0.1, 0.15) is 52.2 Å². The monoisotopic (exact) mass is 437 g/mol.